The fourth-order valence-corrected chi connectivity index (χ4v) is 2.66. The number of benzene rings is 2. The van der Waals surface area contributed by atoms with Gasteiger partial charge in [-0.25, -0.2) is 4.98 Å². The number of aromatic nitrogens is 2. The Morgan fingerprint density at radius 2 is 1.80 bits per heavy atom. The van der Waals surface area contributed by atoms with E-state index >= 15 is 0 Å². The van der Waals surface area contributed by atoms with Crippen molar-refractivity contribution in [1.29, 1.82) is 0 Å². The van der Waals surface area contributed by atoms with Gasteiger partial charge in [-0.2, -0.15) is 4.98 Å². The molecule has 2 aromatic carbocycles. The smallest absolute Gasteiger partial charge is 0.231 e. The average Bonchev–Trinajstić information content (AvgIpc) is 3.06. The second-order valence-corrected chi connectivity index (χ2v) is 6.05. The molecule has 0 saturated heterocycles. The van der Waals surface area contributed by atoms with E-state index in [1.165, 1.54) is 0 Å². The lowest BCUT2D eigenvalue weighted by molar-refractivity contribution is 0.174. The van der Waals surface area contributed by atoms with E-state index in [0.29, 0.717) is 33.2 Å². The number of fused-ring (bicyclic) bond motifs is 1. The number of hydrogen-bond acceptors (Lipinski definition) is 6. The van der Waals surface area contributed by atoms with Gasteiger partial charge >= 0.3 is 0 Å². The van der Waals surface area contributed by atoms with Crippen molar-refractivity contribution < 1.29 is 9.47 Å². The Labute approximate surface area is 153 Å². The summed E-state index contributed by atoms with van der Waals surface area (Å²) in [6.45, 7) is 0.231. The molecule has 0 atom stereocenters. The second kappa shape index (κ2) is 6.66. The highest BCUT2D eigenvalue weighted by molar-refractivity contribution is 6.35. The first-order valence-electron chi connectivity index (χ1n) is 7.39. The maximum absolute atomic E-state index is 6.16. The molecule has 0 bridgehead atoms. The van der Waals surface area contributed by atoms with Crippen molar-refractivity contribution in [3.63, 3.8) is 0 Å². The number of anilines is 4. The summed E-state index contributed by atoms with van der Waals surface area (Å²) >= 11 is 12.2. The highest BCUT2D eigenvalue weighted by Crippen LogP contribution is 2.35. The normalized spacial score (nSPS) is 12.1. The molecule has 1 aliphatic heterocycles. The van der Waals surface area contributed by atoms with Crippen molar-refractivity contribution in [2.45, 2.75) is 0 Å². The van der Waals surface area contributed by atoms with Crippen LogP contribution in [0.25, 0.3) is 0 Å². The maximum Gasteiger partial charge on any atom is 0.231 e. The van der Waals surface area contributed by atoms with Gasteiger partial charge in [0.05, 0.1) is 10.7 Å². The lowest BCUT2D eigenvalue weighted by atomic mass is 10.3. The van der Waals surface area contributed by atoms with Crippen molar-refractivity contribution in [2.75, 3.05) is 17.4 Å². The van der Waals surface area contributed by atoms with Gasteiger partial charge in [0.15, 0.2) is 11.5 Å². The van der Waals surface area contributed by atoms with Gasteiger partial charge in [0.25, 0.3) is 0 Å². The van der Waals surface area contributed by atoms with E-state index in [0.717, 1.165) is 11.4 Å². The Hall–Kier alpha value is -2.70. The second-order valence-electron chi connectivity index (χ2n) is 5.21. The zero-order valence-electron chi connectivity index (χ0n) is 12.8. The Morgan fingerprint density at radius 3 is 2.72 bits per heavy atom. The predicted octanol–water partition coefficient (Wildman–Crippen LogP) is 5.00. The van der Waals surface area contributed by atoms with Gasteiger partial charge in [-0.15, -0.1) is 0 Å². The molecule has 3 aromatic rings. The molecule has 4 rings (SSSR count). The Balaban J connectivity index is 1.54. The van der Waals surface area contributed by atoms with Gasteiger partial charge in [0.2, 0.25) is 12.7 Å². The fourth-order valence-electron chi connectivity index (χ4n) is 2.32. The van der Waals surface area contributed by atoms with Gasteiger partial charge in [-0.3, -0.25) is 0 Å². The van der Waals surface area contributed by atoms with E-state index in [1.807, 2.05) is 18.2 Å². The molecule has 0 amide bonds. The summed E-state index contributed by atoms with van der Waals surface area (Å²) in [7, 11) is 0. The minimum atomic E-state index is 0.231. The number of nitrogens with zero attached hydrogens (tertiary/aromatic N) is 2. The number of ether oxygens (including phenoxy) is 2. The molecule has 126 valence electrons. The SMILES string of the molecule is Clc1ccc(Cl)c(Nc2ccnc(Nc3ccc4c(c3)OCO4)n2)c1. The highest BCUT2D eigenvalue weighted by Gasteiger charge is 2.13. The van der Waals surface area contributed by atoms with Gasteiger partial charge in [0.1, 0.15) is 5.82 Å². The van der Waals surface area contributed by atoms with Crippen molar-refractivity contribution in [3.05, 3.63) is 58.7 Å². The van der Waals surface area contributed by atoms with Crippen LogP contribution in [0.2, 0.25) is 10.0 Å². The first kappa shape index (κ1) is 15.8. The summed E-state index contributed by atoms with van der Waals surface area (Å²) in [5, 5.41) is 7.39. The molecule has 0 aliphatic carbocycles. The predicted molar refractivity (Wildman–Crippen MR) is 97.6 cm³/mol. The third-order valence-corrected chi connectivity index (χ3v) is 4.04. The molecular formula is C17H12Cl2N4O2. The molecule has 0 radical (unpaired) electrons. The molecule has 2 heterocycles. The summed E-state index contributed by atoms with van der Waals surface area (Å²) in [5.41, 5.74) is 1.46. The molecule has 0 saturated carbocycles. The van der Waals surface area contributed by atoms with E-state index in [2.05, 4.69) is 20.6 Å². The number of rotatable bonds is 4. The molecule has 25 heavy (non-hydrogen) atoms. The summed E-state index contributed by atoms with van der Waals surface area (Å²) in [4.78, 5) is 8.64. The molecular weight excluding hydrogens is 363 g/mol. The molecule has 1 aromatic heterocycles. The monoisotopic (exact) mass is 374 g/mol. The van der Waals surface area contributed by atoms with Gasteiger partial charge in [-0.1, -0.05) is 23.2 Å². The van der Waals surface area contributed by atoms with Crippen LogP contribution >= 0.6 is 23.2 Å². The van der Waals surface area contributed by atoms with Gasteiger partial charge < -0.3 is 20.1 Å². The van der Waals surface area contributed by atoms with Gasteiger partial charge in [-0.05, 0) is 36.4 Å². The summed E-state index contributed by atoms with van der Waals surface area (Å²) in [6, 6.07) is 12.4. The lowest BCUT2D eigenvalue weighted by Gasteiger charge is -2.10. The quantitative estimate of drug-likeness (QED) is 0.669. The standard InChI is InChI=1S/C17H12Cl2N4O2/c18-10-1-3-12(19)13(7-10)22-16-5-6-20-17(23-16)21-11-2-4-14-15(8-11)25-9-24-14/h1-8H,9H2,(H2,20,21,22,23). The molecule has 6 nitrogen and oxygen atoms in total. The third-order valence-electron chi connectivity index (χ3n) is 3.48. The van der Waals surface area contributed by atoms with Crippen LogP contribution in [0.3, 0.4) is 0 Å². The maximum atomic E-state index is 6.16. The van der Waals surface area contributed by atoms with Crippen LogP contribution in [0.5, 0.6) is 11.5 Å². The van der Waals surface area contributed by atoms with E-state index in [9.17, 15) is 0 Å². The van der Waals surface area contributed by atoms with E-state index < -0.39 is 0 Å². The highest BCUT2D eigenvalue weighted by atomic mass is 35.5. The van der Waals surface area contributed by atoms with Crippen molar-refractivity contribution >= 4 is 46.3 Å². The number of halogens is 2. The zero-order chi connectivity index (χ0) is 17.2. The lowest BCUT2D eigenvalue weighted by Crippen LogP contribution is -2.00. The van der Waals surface area contributed by atoms with Crippen LogP contribution in [0.15, 0.2) is 48.7 Å². The van der Waals surface area contributed by atoms with E-state index in [-0.39, 0.29) is 6.79 Å². The molecule has 2 N–H and O–H groups in total. The van der Waals surface area contributed by atoms with Crippen molar-refractivity contribution in [2.24, 2.45) is 0 Å². The van der Waals surface area contributed by atoms with Crippen molar-refractivity contribution in [3.8, 4) is 11.5 Å². The van der Waals surface area contributed by atoms with Crippen LogP contribution in [0.1, 0.15) is 0 Å². The topological polar surface area (TPSA) is 68.3 Å². The molecule has 0 fully saturated rings. The Kier molecular flexibility index (Phi) is 4.21. The minimum Gasteiger partial charge on any atom is -0.454 e. The number of hydrogen-bond donors (Lipinski definition) is 2. The van der Waals surface area contributed by atoms with Crippen LogP contribution in [-0.2, 0) is 0 Å². The van der Waals surface area contributed by atoms with E-state index in [4.69, 9.17) is 32.7 Å². The molecule has 8 heteroatoms. The first-order valence-corrected chi connectivity index (χ1v) is 8.15. The summed E-state index contributed by atoms with van der Waals surface area (Å²) in [5.74, 6) is 2.42. The summed E-state index contributed by atoms with van der Waals surface area (Å²) in [6.07, 6.45) is 1.64. The third kappa shape index (κ3) is 3.55. The van der Waals surface area contributed by atoms with Crippen LogP contribution < -0.4 is 20.1 Å². The Morgan fingerprint density at radius 1 is 0.920 bits per heavy atom. The minimum absolute atomic E-state index is 0.231. The Bertz CT molecular complexity index is 936. The molecule has 0 unspecified atom stereocenters. The van der Waals surface area contributed by atoms with Crippen molar-refractivity contribution in [1.82, 2.24) is 9.97 Å². The van der Waals surface area contributed by atoms with Crippen LogP contribution in [-0.4, -0.2) is 16.8 Å². The van der Waals surface area contributed by atoms with E-state index in [1.54, 1.807) is 30.5 Å². The number of nitrogens with one attached hydrogen (secondary N) is 2. The fraction of sp³-hybridized carbons (Fsp3) is 0.0588. The average molecular weight is 375 g/mol. The van der Waals surface area contributed by atoms with Crippen LogP contribution in [0, 0.1) is 0 Å². The largest absolute Gasteiger partial charge is 0.454 e. The zero-order valence-corrected chi connectivity index (χ0v) is 14.3. The summed E-state index contributed by atoms with van der Waals surface area (Å²) < 4.78 is 10.7. The first-order chi connectivity index (χ1) is 12.2. The van der Waals surface area contributed by atoms with Crippen LogP contribution in [0.4, 0.5) is 23.1 Å². The van der Waals surface area contributed by atoms with Gasteiger partial charge in [0, 0.05) is 23.0 Å². The molecule has 0 spiro atoms. The molecule has 1 aliphatic rings.